The maximum absolute atomic E-state index is 9.86. The summed E-state index contributed by atoms with van der Waals surface area (Å²) in [6.45, 7) is 5.71. The Labute approximate surface area is 252 Å². The van der Waals surface area contributed by atoms with Crippen LogP contribution in [0.25, 0.3) is 77.6 Å². The average Bonchev–Trinajstić information content (AvgIpc) is 3.72. The van der Waals surface area contributed by atoms with E-state index in [1.807, 2.05) is 49.4 Å². The quantitative estimate of drug-likeness (QED) is 0.157. The SMILES string of the molecule is C=C(C#N)/C=C\c1oc2c(ccc3c4cc(-c5ccc(C#N)cc5-n5c6ccccc6c6ccccc65)ccc4oc32)c1C. The molecule has 0 aliphatic heterocycles. The number of aryl methyl sites for hydroxylation is 1. The molecule has 0 atom stereocenters. The fourth-order valence-electron chi connectivity index (χ4n) is 6.28. The Bertz CT molecular complexity index is 2560. The Balaban J connectivity index is 1.35. The molecule has 0 amide bonds. The zero-order chi connectivity index (χ0) is 29.9. The molecule has 5 aromatic carbocycles. The van der Waals surface area contributed by atoms with E-state index in [1.165, 1.54) is 0 Å². The third-order valence-electron chi connectivity index (χ3n) is 8.42. The predicted octanol–water partition coefficient (Wildman–Crippen LogP) is 10.4. The van der Waals surface area contributed by atoms with Crippen LogP contribution in [0.2, 0.25) is 0 Å². The molecule has 0 saturated carbocycles. The largest absolute Gasteiger partial charge is 0.452 e. The summed E-state index contributed by atoms with van der Waals surface area (Å²) < 4.78 is 14.9. The van der Waals surface area contributed by atoms with E-state index in [2.05, 4.69) is 77.9 Å². The van der Waals surface area contributed by atoms with Gasteiger partial charge in [-0.25, -0.2) is 0 Å². The fourth-order valence-corrected chi connectivity index (χ4v) is 6.28. The van der Waals surface area contributed by atoms with E-state index in [4.69, 9.17) is 14.1 Å². The molecule has 3 aromatic heterocycles. The number of para-hydroxylation sites is 2. The molecule has 0 saturated heterocycles. The zero-order valence-electron chi connectivity index (χ0n) is 23.8. The second-order valence-corrected chi connectivity index (χ2v) is 10.9. The number of rotatable bonds is 4. The summed E-state index contributed by atoms with van der Waals surface area (Å²) in [5.41, 5.74) is 9.15. The van der Waals surface area contributed by atoms with Crippen LogP contribution in [0, 0.1) is 29.6 Å². The third kappa shape index (κ3) is 3.71. The van der Waals surface area contributed by atoms with Crippen LogP contribution in [-0.4, -0.2) is 4.57 Å². The van der Waals surface area contributed by atoms with Gasteiger partial charge in [-0.15, -0.1) is 0 Å². The lowest BCUT2D eigenvalue weighted by Crippen LogP contribution is -1.98. The van der Waals surface area contributed by atoms with Gasteiger partial charge in [-0.3, -0.25) is 0 Å². The van der Waals surface area contributed by atoms with Crippen molar-refractivity contribution >= 4 is 60.8 Å². The minimum atomic E-state index is 0.356. The Morgan fingerprint density at radius 1 is 0.750 bits per heavy atom. The van der Waals surface area contributed by atoms with Gasteiger partial charge in [0.05, 0.1) is 34.4 Å². The van der Waals surface area contributed by atoms with Crippen LogP contribution < -0.4 is 0 Å². The number of nitrogens with zero attached hydrogens (tertiary/aromatic N) is 3. The number of furan rings is 2. The predicted molar refractivity (Wildman–Crippen MR) is 177 cm³/mol. The standard InChI is InChI=1S/C39H23N3O2/c1-23(21-40)11-17-36-24(2)27-15-16-31-32-20-26(13-18-37(32)44-39(31)38(27)43-36)28-14-12-25(22-41)19-35(28)42-33-9-5-3-7-29(33)30-8-4-6-10-34(30)42/h3-20H,1H2,2H3/b17-11-. The molecule has 0 spiro atoms. The summed E-state index contributed by atoms with van der Waals surface area (Å²) in [5.74, 6) is 0.665. The van der Waals surface area contributed by atoms with Crippen LogP contribution in [0.5, 0.6) is 0 Å². The number of hydrogen-bond acceptors (Lipinski definition) is 4. The summed E-state index contributed by atoms with van der Waals surface area (Å²) in [7, 11) is 0. The van der Waals surface area contributed by atoms with Crippen LogP contribution in [0.4, 0.5) is 0 Å². The van der Waals surface area contributed by atoms with Gasteiger partial charge in [0, 0.05) is 43.6 Å². The van der Waals surface area contributed by atoms with Gasteiger partial charge in [0.15, 0.2) is 11.2 Å². The van der Waals surface area contributed by atoms with Crippen molar-refractivity contribution in [3.8, 4) is 29.0 Å². The number of nitriles is 2. The van der Waals surface area contributed by atoms with Gasteiger partial charge >= 0.3 is 0 Å². The molecular weight excluding hydrogens is 542 g/mol. The highest BCUT2D eigenvalue weighted by Gasteiger charge is 2.19. The van der Waals surface area contributed by atoms with Crippen LogP contribution in [-0.2, 0) is 0 Å². The molecule has 0 bridgehead atoms. The highest BCUT2D eigenvalue weighted by Crippen LogP contribution is 2.41. The maximum atomic E-state index is 9.86. The van der Waals surface area contributed by atoms with Gasteiger partial charge in [-0.05, 0) is 73.2 Å². The lowest BCUT2D eigenvalue weighted by molar-refractivity contribution is 0.588. The van der Waals surface area contributed by atoms with E-state index < -0.39 is 0 Å². The van der Waals surface area contributed by atoms with Gasteiger partial charge < -0.3 is 13.4 Å². The lowest BCUT2D eigenvalue weighted by atomic mass is 9.99. The molecule has 0 aliphatic rings. The van der Waals surface area contributed by atoms with Crippen LogP contribution >= 0.6 is 0 Å². The summed E-state index contributed by atoms with van der Waals surface area (Å²) >= 11 is 0. The maximum Gasteiger partial charge on any atom is 0.178 e. The summed E-state index contributed by atoms with van der Waals surface area (Å²) in [6.07, 6.45) is 3.42. The molecule has 0 N–H and O–H groups in total. The van der Waals surface area contributed by atoms with Gasteiger partial charge in [-0.1, -0.05) is 55.1 Å². The Kier molecular flexibility index (Phi) is 5.56. The molecule has 206 valence electrons. The van der Waals surface area contributed by atoms with Crippen LogP contribution in [0.3, 0.4) is 0 Å². The fraction of sp³-hybridized carbons (Fsp3) is 0.0256. The minimum Gasteiger partial charge on any atom is -0.452 e. The van der Waals surface area contributed by atoms with Crippen molar-refractivity contribution in [3.63, 3.8) is 0 Å². The first kappa shape index (κ1) is 25.4. The van der Waals surface area contributed by atoms with E-state index in [0.29, 0.717) is 28.1 Å². The summed E-state index contributed by atoms with van der Waals surface area (Å²) in [4.78, 5) is 0. The second-order valence-electron chi connectivity index (χ2n) is 10.9. The van der Waals surface area contributed by atoms with Crippen molar-refractivity contribution in [2.75, 3.05) is 0 Å². The van der Waals surface area contributed by atoms with E-state index >= 15 is 0 Å². The summed E-state index contributed by atoms with van der Waals surface area (Å²) in [5, 5.41) is 24.1. The van der Waals surface area contributed by atoms with Crippen LogP contribution in [0.1, 0.15) is 16.9 Å². The molecule has 5 heteroatoms. The Hall–Kier alpha value is -6.30. The van der Waals surface area contributed by atoms with E-state index in [9.17, 15) is 5.26 Å². The first-order valence-electron chi connectivity index (χ1n) is 14.2. The van der Waals surface area contributed by atoms with Crippen molar-refractivity contribution in [2.45, 2.75) is 6.92 Å². The average molecular weight is 566 g/mol. The number of allylic oxidation sites excluding steroid dienone is 2. The Morgan fingerprint density at radius 2 is 1.45 bits per heavy atom. The lowest BCUT2D eigenvalue weighted by Gasteiger charge is -2.15. The third-order valence-corrected chi connectivity index (χ3v) is 8.42. The molecule has 0 unspecified atom stereocenters. The van der Waals surface area contributed by atoms with E-state index in [1.54, 1.807) is 12.2 Å². The number of fused-ring (bicyclic) bond motifs is 8. The molecule has 0 radical (unpaired) electrons. The van der Waals surface area contributed by atoms with Crippen molar-refractivity contribution < 1.29 is 8.83 Å². The van der Waals surface area contributed by atoms with Crippen molar-refractivity contribution in [2.24, 2.45) is 0 Å². The molecule has 3 heterocycles. The number of aromatic nitrogens is 1. The number of benzene rings is 5. The van der Waals surface area contributed by atoms with Gasteiger partial charge in [0.1, 0.15) is 11.3 Å². The highest BCUT2D eigenvalue weighted by atomic mass is 16.4. The zero-order valence-corrected chi connectivity index (χ0v) is 23.8. The van der Waals surface area contributed by atoms with Gasteiger partial charge in [0.25, 0.3) is 0 Å². The van der Waals surface area contributed by atoms with Gasteiger partial charge in [-0.2, -0.15) is 10.5 Å². The first-order chi connectivity index (χ1) is 21.6. The van der Waals surface area contributed by atoms with Crippen molar-refractivity contribution in [1.29, 1.82) is 10.5 Å². The smallest absolute Gasteiger partial charge is 0.178 e. The minimum absolute atomic E-state index is 0.356. The highest BCUT2D eigenvalue weighted by molar-refractivity contribution is 6.15. The number of hydrogen-bond donors (Lipinski definition) is 0. The topological polar surface area (TPSA) is 78.8 Å². The Morgan fingerprint density at radius 3 is 2.18 bits per heavy atom. The van der Waals surface area contributed by atoms with Crippen molar-refractivity contribution in [3.05, 3.63) is 132 Å². The van der Waals surface area contributed by atoms with E-state index in [0.717, 1.165) is 65.9 Å². The first-order valence-corrected chi connectivity index (χ1v) is 14.2. The molecular formula is C39H23N3O2. The van der Waals surface area contributed by atoms with E-state index in [-0.39, 0.29) is 0 Å². The molecule has 8 rings (SSSR count). The van der Waals surface area contributed by atoms with Gasteiger partial charge in [0.2, 0.25) is 0 Å². The molecule has 44 heavy (non-hydrogen) atoms. The molecule has 8 aromatic rings. The molecule has 5 nitrogen and oxygen atoms in total. The monoisotopic (exact) mass is 565 g/mol. The second kappa shape index (κ2) is 9.63. The van der Waals surface area contributed by atoms with Crippen molar-refractivity contribution in [1.82, 2.24) is 4.57 Å². The normalized spacial score (nSPS) is 11.7. The summed E-state index contributed by atoms with van der Waals surface area (Å²) in [6, 6.07) is 37.3. The molecule has 0 fully saturated rings. The molecule has 0 aliphatic carbocycles. The van der Waals surface area contributed by atoms with Crippen LogP contribution in [0.15, 0.2) is 124 Å².